The topological polar surface area (TPSA) is 154 Å². The van der Waals surface area contributed by atoms with Crippen LogP contribution in [-0.2, 0) is 9.53 Å². The molecular formula is C39H44ClF3N8O5. The maximum atomic E-state index is 13.7. The first-order valence-electron chi connectivity index (χ1n) is 18.3. The number of nitrogens with one attached hydrogen (secondary N) is 4. The fraction of sp³-hybridized carbons (Fsp3) is 0.410. The summed E-state index contributed by atoms with van der Waals surface area (Å²) in [6.07, 6.45) is -3.62. The molecule has 298 valence electrons. The van der Waals surface area contributed by atoms with E-state index in [4.69, 9.17) is 21.3 Å². The fourth-order valence-corrected chi connectivity index (χ4v) is 7.33. The molecule has 0 radical (unpaired) electrons. The van der Waals surface area contributed by atoms with Gasteiger partial charge in [-0.2, -0.15) is 0 Å². The Morgan fingerprint density at radius 1 is 1.04 bits per heavy atom. The Hall–Kier alpha value is -5.35. The van der Waals surface area contributed by atoms with E-state index in [2.05, 4.69) is 42.5 Å². The number of imidazole rings is 1. The number of aromatic nitrogens is 3. The maximum Gasteiger partial charge on any atom is 0.573 e. The second-order valence-corrected chi connectivity index (χ2v) is 14.8. The summed E-state index contributed by atoms with van der Waals surface area (Å²) in [5.74, 6) is -0.313. The number of likely N-dealkylation sites (tertiary alicyclic amines) is 1. The number of anilines is 2. The average molecular weight is 797 g/mol. The Bertz CT molecular complexity index is 2040. The summed E-state index contributed by atoms with van der Waals surface area (Å²) in [4.78, 5) is 55.1. The lowest BCUT2D eigenvalue weighted by molar-refractivity contribution is -0.274. The molecule has 13 nitrogen and oxygen atoms in total. The monoisotopic (exact) mass is 796 g/mol. The van der Waals surface area contributed by atoms with Crippen LogP contribution in [0.4, 0.5) is 29.5 Å². The second-order valence-electron chi connectivity index (χ2n) is 14.4. The van der Waals surface area contributed by atoms with Gasteiger partial charge in [0.2, 0.25) is 5.91 Å². The zero-order chi connectivity index (χ0) is 40.3. The number of aromatic amines is 1. The quantitative estimate of drug-likeness (QED) is 0.133. The number of ether oxygens (including phenoxy) is 2. The van der Waals surface area contributed by atoms with Gasteiger partial charge in [0.05, 0.1) is 25.0 Å². The number of alkyl halides is 3. The summed E-state index contributed by atoms with van der Waals surface area (Å²) in [6.45, 7) is 10.6. The summed E-state index contributed by atoms with van der Waals surface area (Å²) in [6, 6.07) is 12.9. The molecule has 4 atom stereocenters. The molecule has 2 aliphatic rings. The third kappa shape index (κ3) is 9.19. The van der Waals surface area contributed by atoms with Crippen molar-refractivity contribution in [1.82, 2.24) is 30.5 Å². The van der Waals surface area contributed by atoms with Gasteiger partial charge in [-0.15, -0.1) is 13.2 Å². The predicted molar refractivity (Wildman–Crippen MR) is 205 cm³/mol. The molecule has 17 heteroatoms. The van der Waals surface area contributed by atoms with E-state index in [9.17, 15) is 27.6 Å². The molecule has 56 heavy (non-hydrogen) atoms. The summed E-state index contributed by atoms with van der Waals surface area (Å²) in [5.41, 5.74) is 1.78. The number of halogens is 4. The number of rotatable bonds is 10. The third-order valence-corrected chi connectivity index (χ3v) is 10.2. The number of alkyl carbamates (subject to hydrolysis) is 1. The third-order valence-electron chi connectivity index (χ3n) is 9.92. The lowest BCUT2D eigenvalue weighted by Gasteiger charge is -2.34. The number of hydrogen-bond donors (Lipinski definition) is 4. The number of carbonyl (C=O) groups excluding carboxylic acids is 3. The summed E-state index contributed by atoms with van der Waals surface area (Å²) >= 11 is 6.64. The summed E-state index contributed by atoms with van der Waals surface area (Å²) in [7, 11) is 1.23. The molecule has 4 heterocycles. The van der Waals surface area contributed by atoms with E-state index in [0.717, 1.165) is 31.5 Å². The van der Waals surface area contributed by atoms with Gasteiger partial charge in [0, 0.05) is 48.9 Å². The Kier molecular flexibility index (Phi) is 12.1. The second kappa shape index (κ2) is 16.8. The van der Waals surface area contributed by atoms with Crippen LogP contribution in [0.2, 0.25) is 5.15 Å². The molecule has 2 aromatic carbocycles. The van der Waals surface area contributed by atoms with Crippen LogP contribution in [0.5, 0.6) is 5.75 Å². The first-order chi connectivity index (χ1) is 26.6. The zero-order valence-corrected chi connectivity index (χ0v) is 32.3. The molecule has 2 saturated heterocycles. The van der Waals surface area contributed by atoms with Crippen molar-refractivity contribution in [3.63, 3.8) is 0 Å². The highest BCUT2D eigenvalue weighted by atomic mass is 35.5. The lowest BCUT2D eigenvalue weighted by Crippen LogP contribution is -2.51. The Morgan fingerprint density at radius 2 is 1.77 bits per heavy atom. The first kappa shape index (κ1) is 40.3. The molecule has 0 bridgehead atoms. The van der Waals surface area contributed by atoms with Gasteiger partial charge in [-0.1, -0.05) is 56.6 Å². The maximum absolute atomic E-state index is 13.7. The highest BCUT2D eigenvalue weighted by Gasteiger charge is 2.40. The van der Waals surface area contributed by atoms with Crippen molar-refractivity contribution in [3.05, 3.63) is 77.3 Å². The molecule has 2 aromatic heterocycles. The number of carbonyl (C=O) groups is 3. The van der Waals surface area contributed by atoms with Crippen LogP contribution in [0.3, 0.4) is 0 Å². The molecular weight excluding hydrogens is 753 g/mol. The lowest BCUT2D eigenvalue weighted by atomic mass is 10.00. The van der Waals surface area contributed by atoms with Gasteiger partial charge >= 0.3 is 12.5 Å². The van der Waals surface area contributed by atoms with E-state index >= 15 is 0 Å². The molecule has 0 spiro atoms. The zero-order valence-electron chi connectivity index (χ0n) is 31.5. The molecule has 6 rings (SSSR count). The number of pyridine rings is 1. The van der Waals surface area contributed by atoms with E-state index in [1.54, 1.807) is 41.3 Å². The van der Waals surface area contributed by atoms with Crippen molar-refractivity contribution in [2.75, 3.05) is 43.5 Å². The normalized spacial score (nSPS) is 19.1. The molecule has 4 aromatic rings. The molecule has 2 fully saturated rings. The van der Waals surface area contributed by atoms with E-state index in [1.165, 1.54) is 25.4 Å². The fourth-order valence-electron chi connectivity index (χ4n) is 7.08. The van der Waals surface area contributed by atoms with Crippen molar-refractivity contribution in [2.24, 2.45) is 11.8 Å². The van der Waals surface area contributed by atoms with Gasteiger partial charge in [0.15, 0.2) is 0 Å². The SMILES string of the molecule is COC(=O)N[C@H](C(=O)N1C[C@@H](C)C[C@H]1c1nc(-c2ccc(-c3ccc(C(=O)Nc4ccc(N5CCNCC5C)nc4)cc3OC(F)(F)F)cc2)c(Cl)[nH]1)C(C)C. The van der Waals surface area contributed by atoms with E-state index < -0.39 is 36.2 Å². The molecule has 3 amide bonds. The van der Waals surface area contributed by atoms with E-state index in [-0.39, 0.29) is 40.1 Å². The minimum Gasteiger partial charge on any atom is -0.453 e. The van der Waals surface area contributed by atoms with Gasteiger partial charge in [0.1, 0.15) is 34.3 Å². The van der Waals surface area contributed by atoms with Crippen molar-refractivity contribution >= 4 is 41.0 Å². The van der Waals surface area contributed by atoms with Crippen molar-refractivity contribution < 1.29 is 37.0 Å². The molecule has 0 aliphatic carbocycles. The van der Waals surface area contributed by atoms with Crippen LogP contribution in [0.15, 0.2) is 60.8 Å². The number of amides is 3. The van der Waals surface area contributed by atoms with Gasteiger partial charge in [-0.3, -0.25) is 9.59 Å². The van der Waals surface area contributed by atoms with Gasteiger partial charge < -0.3 is 40.2 Å². The van der Waals surface area contributed by atoms with Gasteiger partial charge in [-0.25, -0.2) is 14.8 Å². The van der Waals surface area contributed by atoms with Crippen LogP contribution < -0.4 is 25.6 Å². The molecule has 2 aliphatic heterocycles. The van der Waals surface area contributed by atoms with Crippen molar-refractivity contribution in [2.45, 2.75) is 58.6 Å². The Balaban J connectivity index is 1.20. The Labute approximate surface area is 327 Å². The first-order valence-corrected chi connectivity index (χ1v) is 18.6. The smallest absolute Gasteiger partial charge is 0.453 e. The highest BCUT2D eigenvalue weighted by Crippen LogP contribution is 2.39. The van der Waals surface area contributed by atoms with Gasteiger partial charge in [-0.05, 0) is 61.1 Å². The standard InChI is InChI=1S/C39H44ClF3N8O5/c1-21(2)32(48-38(54)55-5)37(53)51-20-22(3)16-29(51)35-47-33(34(40)49-35)25-8-6-24(7-9-25)28-12-10-26(17-30(28)56-39(41,42)43)36(52)46-27-11-13-31(45-19-27)50-15-14-44-18-23(50)4/h6-13,17,19,21-23,29,32,44H,14-16,18,20H2,1-5H3,(H,46,52)(H,47,49)(H,48,54)/t22-,23?,29-,32-/m0/s1. The van der Waals surface area contributed by atoms with Crippen LogP contribution in [-0.4, -0.2) is 89.5 Å². The summed E-state index contributed by atoms with van der Waals surface area (Å²) < 4.78 is 50.1. The number of hydrogen-bond acceptors (Lipinski definition) is 9. The van der Waals surface area contributed by atoms with Crippen LogP contribution >= 0.6 is 11.6 Å². The largest absolute Gasteiger partial charge is 0.573 e. The minimum atomic E-state index is -5.03. The van der Waals surface area contributed by atoms with E-state index in [0.29, 0.717) is 41.3 Å². The predicted octanol–water partition coefficient (Wildman–Crippen LogP) is 7.03. The minimum absolute atomic E-state index is 0.0465. The van der Waals surface area contributed by atoms with Crippen LogP contribution in [0.1, 0.15) is 56.3 Å². The number of benzene rings is 2. The van der Waals surface area contributed by atoms with E-state index in [1.807, 2.05) is 20.8 Å². The molecule has 4 N–H and O–H groups in total. The van der Waals surface area contributed by atoms with Crippen LogP contribution in [0, 0.1) is 11.8 Å². The highest BCUT2D eigenvalue weighted by molar-refractivity contribution is 6.32. The average Bonchev–Trinajstić information content (AvgIpc) is 3.75. The summed E-state index contributed by atoms with van der Waals surface area (Å²) in [5, 5.41) is 8.87. The molecule has 0 saturated carbocycles. The van der Waals surface area contributed by atoms with Crippen molar-refractivity contribution in [3.8, 4) is 28.1 Å². The van der Waals surface area contributed by atoms with Crippen LogP contribution in [0.25, 0.3) is 22.4 Å². The van der Waals surface area contributed by atoms with Gasteiger partial charge in [0.25, 0.3) is 5.91 Å². The number of methoxy groups -OCH3 is 1. The number of nitrogens with zero attached hydrogens (tertiary/aromatic N) is 4. The Morgan fingerprint density at radius 3 is 2.41 bits per heavy atom. The van der Waals surface area contributed by atoms with Crippen molar-refractivity contribution in [1.29, 1.82) is 0 Å². The number of H-pyrrole nitrogens is 1. The molecule has 1 unspecified atom stereocenters. The number of piperazine rings is 1.